The van der Waals surface area contributed by atoms with Gasteiger partial charge in [-0.2, -0.15) is 0 Å². The van der Waals surface area contributed by atoms with Gasteiger partial charge < -0.3 is 122 Å². The number of halogens is 7. The van der Waals surface area contributed by atoms with Crippen LogP contribution < -0.4 is 69.9 Å². The number of alkyl halides is 3. The Kier molecular flexibility index (Phi) is 74.3. The molecule has 140 heavy (non-hydrogen) atoms. The summed E-state index contributed by atoms with van der Waals surface area (Å²) in [6, 6.07) is 45.8. The molecule has 0 radical (unpaired) electrons. The second-order valence-electron chi connectivity index (χ2n) is 32.6. The number of nitrogens with one attached hydrogen (secondary N) is 2. The third-order valence-corrected chi connectivity index (χ3v) is 23.3. The molecule has 5 aromatic carbocycles. The van der Waals surface area contributed by atoms with Crippen molar-refractivity contribution in [2.45, 2.75) is 249 Å². The minimum atomic E-state index is -0.870. The number of methoxy groups -OCH3 is 5. The summed E-state index contributed by atoms with van der Waals surface area (Å²) in [5.41, 5.74) is 8.31. The van der Waals surface area contributed by atoms with Crippen LogP contribution in [-0.4, -0.2) is 245 Å². The molecule has 4 N–H and O–H groups in total. The average molecular weight is 2300 g/mol. The number of piperidine rings is 5. The van der Waals surface area contributed by atoms with Gasteiger partial charge in [0.05, 0.1) is 65.6 Å². The third kappa shape index (κ3) is 48.6. The normalized spacial score (nSPS) is 17.1. The number of rotatable bonds is 33. The van der Waals surface area contributed by atoms with E-state index in [0.717, 1.165) is 118 Å². The molecule has 5 heterocycles. The summed E-state index contributed by atoms with van der Waals surface area (Å²) in [6.07, 6.45) is 15.6. The van der Waals surface area contributed by atoms with Crippen LogP contribution in [0.5, 0.6) is 0 Å². The topological polar surface area (TPSA) is 405 Å². The van der Waals surface area contributed by atoms with Crippen molar-refractivity contribution in [3.8, 4) is 0 Å². The van der Waals surface area contributed by atoms with E-state index in [4.69, 9.17) is 85.8 Å². The van der Waals surface area contributed by atoms with E-state index in [1.165, 1.54) is 53.3 Å². The van der Waals surface area contributed by atoms with Gasteiger partial charge in [0.2, 0.25) is 13.6 Å². The molecule has 10 atom stereocenters. The van der Waals surface area contributed by atoms with E-state index in [0.29, 0.717) is 82.4 Å². The fourth-order valence-electron chi connectivity index (χ4n) is 16.4. The number of ether oxygens (including phenoxy) is 13. The zero-order valence-corrected chi connectivity index (χ0v) is 90.4. The molecule has 0 spiro atoms. The van der Waals surface area contributed by atoms with Crippen molar-refractivity contribution in [1.82, 2.24) is 30.2 Å². The molecular formula is C99H143Cl5I2N7NaO26. The number of unbranched alkanes of at least 4 members (excludes halogenated alkanes) is 4. The molecule has 5 saturated heterocycles. The van der Waals surface area contributed by atoms with E-state index in [1.807, 2.05) is 174 Å². The minimum Gasteiger partial charge on any atom is -1.00 e. The number of nitrogens with two attached hydrogens (primary N) is 1. The minimum absolute atomic E-state index is 0. The molecule has 10 unspecified atom stereocenters. The van der Waals surface area contributed by atoms with E-state index < -0.39 is 103 Å². The Bertz CT molecular complexity index is 4240. The fraction of sp³-hybridized carbons (Fsp3) is 0.566. The molecule has 780 valence electrons. The molecule has 5 aromatic rings. The first-order chi connectivity index (χ1) is 64.7. The van der Waals surface area contributed by atoms with Crippen LogP contribution in [0.25, 0.3) is 0 Å². The summed E-state index contributed by atoms with van der Waals surface area (Å²) in [4.78, 5) is 163. The van der Waals surface area contributed by atoms with Crippen LogP contribution in [0.15, 0.2) is 152 Å². The van der Waals surface area contributed by atoms with E-state index in [9.17, 15) is 62.3 Å². The van der Waals surface area contributed by atoms with Crippen LogP contribution in [0.3, 0.4) is 0 Å². The van der Waals surface area contributed by atoms with Crippen LogP contribution in [0, 0.1) is 0 Å². The molecule has 0 aromatic heterocycles. The maximum Gasteiger partial charge on any atom is 1.00 e. The number of likely N-dealkylation sites (tertiary alicyclic amines) is 4. The van der Waals surface area contributed by atoms with Crippen molar-refractivity contribution in [3.63, 3.8) is 0 Å². The number of amides is 5. The zero-order chi connectivity index (χ0) is 98.0. The van der Waals surface area contributed by atoms with Crippen LogP contribution in [0.2, 0.25) is 0 Å². The number of hydrogen-bond acceptors (Lipinski definition) is 28. The van der Waals surface area contributed by atoms with Gasteiger partial charge in [-0.25, -0.2) is 28.8 Å². The van der Waals surface area contributed by atoms with Crippen LogP contribution >= 0.6 is 82.2 Å². The molecule has 33 nitrogen and oxygen atoms in total. The van der Waals surface area contributed by atoms with Gasteiger partial charge in [-0.3, -0.25) is 33.6 Å². The standard InChI is InChI=1S/C27H40N2O8.C22H32N2O6.C16H20ClNO4.C16H20INO4.C14H19NO2.C2H2Cl2O2.2CH4.2ClH.HI.Na/c1-27(2,3)37-25(32)28-17-11-6-9-16-22(30)35-19-36-26(33)29-18-12-10-15-21(29)23(24(31)34-4)20-13-7-5-8-14-20;1-28-21(26)20(17-10-4-2-5-11-17)18-12-7-9-15-24(18)22(27)30-16-29-19(25)13-6-3-8-14-23;2*1-21-15(19)14(12-7-3-2-4-8-12)13-9-5-6-10-18(13)16(20)22-11-17;1-17-14(16)13(11-7-3-2-4-8-11)12-9-5-6-10-15-12;3-1-6-2(4)5;;;;;;/h5,7-8,13-14,21,23H,6,9-12,15-19H2,1-4H3,(H,28,32);2,4-5,10-11,18,20H,3,6-9,12-16,23H2,1H3;2*2-4,7-8,13-14H,5-6,9-11H2,1H3;2-4,7-8,12-13,15H,5-6,9-10H2,1H3;1H2;2*1H4;3*1H;/q;;;;;;;;;;;+1/p-1. The quantitative estimate of drug-likeness (QED) is 0.00513. The first-order valence-corrected chi connectivity index (χ1v) is 48.2. The number of esters is 7. The maximum atomic E-state index is 12.8. The van der Waals surface area contributed by atoms with Gasteiger partial charge in [0.25, 0.3) is 0 Å². The average Bonchev–Trinajstić information content (AvgIpc) is 0.806. The monoisotopic (exact) mass is 2300 g/mol. The predicted molar refractivity (Wildman–Crippen MR) is 538 cm³/mol. The SMILES string of the molecule is C.C.COC(=O)C(c1ccccc1)C1CCCCN1.COC(=O)C(c1ccccc1)C1CCCCN1C(=O)OCCl.COC(=O)C(c1ccccc1)C1CCCCN1C(=O)OCI.COC(=O)C(c1ccccc1)C1CCCCN1C(=O)OCOC(=O)CCCCCN.COC(=O)C(c1ccccc1)C1CCCCN1C(=O)OCOC(=O)CCCCCNC(=O)OC(C)(C)C.Cl.Cl.O=C(Cl)OCCl.[I-].[Na+]. The van der Waals surface area contributed by atoms with Gasteiger partial charge in [-0.15, -0.1) is 24.8 Å². The first kappa shape index (κ1) is 134. The van der Waals surface area contributed by atoms with Gasteiger partial charge in [0, 0.05) is 63.2 Å². The number of nitrogens with zero attached hydrogens (tertiary/aromatic N) is 4. The second-order valence-corrected chi connectivity index (χ2v) is 34.0. The number of carbonyl (C=O) groups excluding carboxylic acids is 13. The van der Waals surface area contributed by atoms with E-state index >= 15 is 0 Å². The van der Waals surface area contributed by atoms with E-state index in [2.05, 4.69) is 27.0 Å². The van der Waals surface area contributed by atoms with Crippen LogP contribution in [0.1, 0.15) is 241 Å². The van der Waals surface area contributed by atoms with Crippen molar-refractivity contribution in [2.75, 3.05) is 112 Å². The van der Waals surface area contributed by atoms with Crippen molar-refractivity contribution in [2.24, 2.45) is 5.73 Å². The predicted octanol–water partition coefficient (Wildman–Crippen LogP) is 13.7. The summed E-state index contributed by atoms with van der Waals surface area (Å²) in [7, 11) is 6.88. The van der Waals surface area contributed by atoms with Gasteiger partial charge in [-0.05, 0) is 200 Å². The molecule has 41 heteroatoms. The second kappa shape index (κ2) is 77.5. The Hall–Kier alpha value is -7.96. The Morgan fingerprint density at radius 3 is 0.971 bits per heavy atom. The Labute approximate surface area is 905 Å². The fourth-order valence-corrected chi connectivity index (χ4v) is 17.0. The van der Waals surface area contributed by atoms with Crippen LogP contribution in [0.4, 0.5) is 28.8 Å². The molecule has 0 aliphatic carbocycles. The Morgan fingerprint density at radius 2 is 0.700 bits per heavy atom. The van der Waals surface area contributed by atoms with Gasteiger partial charge >= 0.3 is 107 Å². The third-order valence-electron chi connectivity index (χ3n) is 22.6. The van der Waals surface area contributed by atoms with Crippen molar-refractivity contribution in [3.05, 3.63) is 179 Å². The summed E-state index contributed by atoms with van der Waals surface area (Å²) < 4.78 is 64.9. The molecule has 10 rings (SSSR count). The smallest absolute Gasteiger partial charge is 1.00 e. The number of alkyl carbamates (subject to hydrolysis) is 1. The molecule has 5 aliphatic rings. The van der Waals surface area contributed by atoms with Gasteiger partial charge in [-0.1, -0.05) is 209 Å². The summed E-state index contributed by atoms with van der Waals surface area (Å²) >= 11 is 17.0. The van der Waals surface area contributed by atoms with Gasteiger partial charge in [0.15, 0.2) is 12.1 Å². The van der Waals surface area contributed by atoms with Crippen molar-refractivity contribution in [1.29, 1.82) is 0 Å². The number of hydrogen-bond donors (Lipinski definition) is 3. The molecule has 0 saturated carbocycles. The van der Waals surface area contributed by atoms with Crippen molar-refractivity contribution >= 4 is 160 Å². The van der Waals surface area contributed by atoms with E-state index in [-0.39, 0.29) is 172 Å². The molecule has 5 amide bonds. The summed E-state index contributed by atoms with van der Waals surface area (Å²) in [6.45, 7) is 8.57. The molecular weight excluding hydrogens is 2160 g/mol. The summed E-state index contributed by atoms with van der Waals surface area (Å²) in [5.74, 6) is -4.91. The molecule has 5 fully saturated rings. The zero-order valence-electron chi connectivity index (χ0n) is 80.1. The largest absolute Gasteiger partial charge is 1.00 e. The first-order valence-electron chi connectivity index (χ1n) is 45.3. The molecule has 0 bridgehead atoms. The van der Waals surface area contributed by atoms with Gasteiger partial charge in [0.1, 0.15) is 33.9 Å². The number of benzene rings is 5. The Morgan fingerprint density at radius 1 is 0.407 bits per heavy atom. The van der Waals surface area contributed by atoms with Crippen LogP contribution in [-0.2, 0) is 95.1 Å². The molecule has 5 aliphatic heterocycles. The van der Waals surface area contributed by atoms with E-state index in [1.54, 1.807) is 35.5 Å². The summed E-state index contributed by atoms with van der Waals surface area (Å²) in [5, 5.41) is 6.10. The number of carbonyl (C=O) groups is 13. The Balaban J connectivity index is 0. The maximum absolute atomic E-state index is 12.8. The van der Waals surface area contributed by atoms with Crippen molar-refractivity contribution < 1.29 is 177 Å².